The first-order valence-electron chi connectivity index (χ1n) is 8.64. The van der Waals surface area contributed by atoms with Crippen molar-refractivity contribution in [3.8, 4) is 5.75 Å². The van der Waals surface area contributed by atoms with Gasteiger partial charge in [0.05, 0.1) is 5.69 Å². The van der Waals surface area contributed by atoms with Crippen molar-refractivity contribution in [3.05, 3.63) is 59.7 Å². The summed E-state index contributed by atoms with van der Waals surface area (Å²) in [5, 5.41) is 10.1. The smallest absolute Gasteiger partial charge is 0.293 e. The molecule has 0 aliphatic rings. The van der Waals surface area contributed by atoms with Crippen LogP contribution in [0.25, 0.3) is 0 Å². The lowest BCUT2D eigenvalue weighted by molar-refractivity contribution is -0.118. The van der Waals surface area contributed by atoms with E-state index in [1.165, 1.54) is 7.05 Å². The normalized spacial score (nSPS) is 11.1. The van der Waals surface area contributed by atoms with Gasteiger partial charge in [0.1, 0.15) is 5.75 Å². The zero-order valence-electron chi connectivity index (χ0n) is 16.1. The lowest BCUT2D eigenvalue weighted by Crippen LogP contribution is -2.26. The van der Waals surface area contributed by atoms with E-state index in [4.69, 9.17) is 4.74 Å². The first kappa shape index (κ1) is 20.7. The fraction of sp³-hybridized carbons (Fsp3) is 0.211. The fourth-order valence-corrected chi connectivity index (χ4v) is 4.82. The number of hydrogen-bond acceptors (Lipinski definition) is 7. The van der Waals surface area contributed by atoms with E-state index in [0.29, 0.717) is 11.4 Å². The van der Waals surface area contributed by atoms with Gasteiger partial charge in [-0.3, -0.25) is 14.4 Å². The van der Waals surface area contributed by atoms with E-state index in [2.05, 4.69) is 15.5 Å². The number of para-hydroxylation sites is 1. The van der Waals surface area contributed by atoms with Gasteiger partial charge in [-0.05, 0) is 49.2 Å². The van der Waals surface area contributed by atoms with Gasteiger partial charge in [0.15, 0.2) is 6.61 Å². The monoisotopic (exact) mass is 432 g/mol. The second-order valence-corrected chi connectivity index (χ2v) is 9.46. The van der Waals surface area contributed by atoms with E-state index in [1.807, 2.05) is 26.0 Å². The molecular weight excluding hydrogens is 412 g/mol. The third kappa shape index (κ3) is 5.09. The van der Waals surface area contributed by atoms with Crippen LogP contribution in [0.15, 0.2) is 52.9 Å². The molecule has 0 radical (unpaired) electrons. The van der Waals surface area contributed by atoms with E-state index in [0.717, 1.165) is 26.8 Å². The molecule has 0 bridgehead atoms. The third-order valence-corrected chi connectivity index (χ3v) is 6.89. The van der Waals surface area contributed by atoms with Crippen molar-refractivity contribution < 1.29 is 17.9 Å². The Balaban J connectivity index is 1.68. The highest BCUT2D eigenvalue weighted by atomic mass is 32.2. The van der Waals surface area contributed by atoms with Crippen LogP contribution in [0.5, 0.6) is 5.75 Å². The van der Waals surface area contributed by atoms with Gasteiger partial charge in [-0.25, -0.2) is 0 Å². The van der Waals surface area contributed by atoms with E-state index in [9.17, 15) is 13.2 Å². The van der Waals surface area contributed by atoms with Crippen molar-refractivity contribution in [1.29, 1.82) is 0 Å². The minimum absolute atomic E-state index is 0.0825. The SMILES string of the molecule is Cc1cc(C)cc(N(C)S(=O)(=O)c2nnc(NC(=O)COc3ccccc3)s2)c1. The number of aromatic nitrogens is 2. The van der Waals surface area contributed by atoms with Crippen LogP contribution in [0.1, 0.15) is 11.1 Å². The number of nitrogens with one attached hydrogen (secondary N) is 1. The van der Waals surface area contributed by atoms with Crippen molar-refractivity contribution in [2.45, 2.75) is 18.2 Å². The van der Waals surface area contributed by atoms with Gasteiger partial charge in [-0.1, -0.05) is 35.6 Å². The quantitative estimate of drug-likeness (QED) is 0.576. The molecule has 0 atom stereocenters. The number of anilines is 2. The van der Waals surface area contributed by atoms with E-state index >= 15 is 0 Å². The maximum absolute atomic E-state index is 12.9. The third-order valence-electron chi connectivity index (χ3n) is 3.92. The minimum atomic E-state index is -3.90. The number of hydrogen-bond donors (Lipinski definition) is 1. The number of benzene rings is 2. The first-order valence-corrected chi connectivity index (χ1v) is 10.9. The van der Waals surface area contributed by atoms with Gasteiger partial charge in [-0.2, -0.15) is 8.42 Å². The lowest BCUT2D eigenvalue weighted by atomic mass is 10.1. The highest BCUT2D eigenvalue weighted by Crippen LogP contribution is 2.27. The number of amides is 1. The van der Waals surface area contributed by atoms with Crippen LogP contribution in [0.3, 0.4) is 0 Å². The summed E-state index contributed by atoms with van der Waals surface area (Å²) in [6.07, 6.45) is 0. The van der Waals surface area contributed by atoms with Gasteiger partial charge in [0.25, 0.3) is 20.3 Å². The van der Waals surface area contributed by atoms with Crippen LogP contribution in [0.2, 0.25) is 0 Å². The van der Waals surface area contributed by atoms with Crippen LogP contribution in [0.4, 0.5) is 10.8 Å². The molecular formula is C19H20N4O4S2. The number of nitrogens with zero attached hydrogens (tertiary/aromatic N) is 3. The van der Waals surface area contributed by atoms with Gasteiger partial charge in [0, 0.05) is 7.05 Å². The van der Waals surface area contributed by atoms with Gasteiger partial charge >= 0.3 is 0 Å². The molecule has 0 fully saturated rings. The van der Waals surface area contributed by atoms with Crippen molar-refractivity contribution in [2.24, 2.45) is 0 Å². The first-order chi connectivity index (χ1) is 13.8. The van der Waals surface area contributed by atoms with Gasteiger partial charge < -0.3 is 4.74 Å². The zero-order chi connectivity index (χ0) is 21.0. The topological polar surface area (TPSA) is 101 Å². The van der Waals surface area contributed by atoms with Crippen LogP contribution in [-0.4, -0.2) is 38.2 Å². The maximum atomic E-state index is 12.9. The van der Waals surface area contributed by atoms with Crippen molar-refractivity contribution in [2.75, 3.05) is 23.3 Å². The molecule has 10 heteroatoms. The van der Waals surface area contributed by atoms with Gasteiger partial charge in [-0.15, -0.1) is 10.2 Å². The number of carbonyl (C=O) groups excluding carboxylic acids is 1. The minimum Gasteiger partial charge on any atom is -0.484 e. The molecule has 2 aromatic carbocycles. The highest BCUT2D eigenvalue weighted by molar-refractivity contribution is 7.94. The predicted molar refractivity (Wildman–Crippen MR) is 112 cm³/mol. The molecule has 3 rings (SSSR count). The van der Waals surface area contributed by atoms with Gasteiger partial charge in [0.2, 0.25) is 5.13 Å². The Hall–Kier alpha value is -2.98. The Labute approximate surface area is 173 Å². The highest BCUT2D eigenvalue weighted by Gasteiger charge is 2.27. The number of ether oxygens (including phenoxy) is 1. The standard InChI is InChI=1S/C19H20N4O4S2/c1-13-9-14(2)11-15(10-13)23(3)29(25,26)19-22-21-18(28-19)20-17(24)12-27-16-7-5-4-6-8-16/h4-11H,12H2,1-3H3,(H,20,21,24). The Bertz CT molecular complexity index is 1090. The maximum Gasteiger partial charge on any atom is 0.293 e. The summed E-state index contributed by atoms with van der Waals surface area (Å²) in [5.74, 6) is 0.0925. The summed E-state index contributed by atoms with van der Waals surface area (Å²) in [6, 6.07) is 14.4. The molecule has 0 saturated heterocycles. The molecule has 1 N–H and O–H groups in total. The molecule has 8 nitrogen and oxygen atoms in total. The summed E-state index contributed by atoms with van der Waals surface area (Å²) < 4.78 is 32.0. The number of sulfonamides is 1. The van der Waals surface area contributed by atoms with Crippen molar-refractivity contribution in [1.82, 2.24) is 10.2 Å². The molecule has 29 heavy (non-hydrogen) atoms. The molecule has 1 aromatic heterocycles. The summed E-state index contributed by atoms with van der Waals surface area (Å²) in [4.78, 5) is 12.0. The molecule has 0 aliphatic heterocycles. The Kier molecular flexibility index (Phi) is 6.14. The summed E-state index contributed by atoms with van der Waals surface area (Å²) in [6.45, 7) is 3.56. The van der Waals surface area contributed by atoms with E-state index in [-0.39, 0.29) is 16.1 Å². The summed E-state index contributed by atoms with van der Waals surface area (Å²) in [5.41, 5.74) is 2.43. The van der Waals surface area contributed by atoms with Crippen molar-refractivity contribution in [3.63, 3.8) is 0 Å². The second-order valence-electron chi connectivity index (χ2n) is 6.34. The van der Waals surface area contributed by atoms with Crippen LogP contribution in [-0.2, 0) is 14.8 Å². The summed E-state index contributed by atoms with van der Waals surface area (Å²) in [7, 11) is -2.44. The zero-order valence-corrected chi connectivity index (χ0v) is 17.8. The number of aryl methyl sites for hydroxylation is 2. The molecule has 152 valence electrons. The molecule has 0 unspecified atom stereocenters. The van der Waals surface area contributed by atoms with Crippen LogP contribution >= 0.6 is 11.3 Å². The molecule has 1 heterocycles. The Morgan fingerprint density at radius 2 is 1.76 bits per heavy atom. The molecule has 0 spiro atoms. The number of rotatable bonds is 7. The molecule has 3 aromatic rings. The predicted octanol–water partition coefficient (Wildman–Crippen LogP) is 3.00. The fourth-order valence-electron chi connectivity index (χ4n) is 2.57. The Morgan fingerprint density at radius 1 is 1.10 bits per heavy atom. The van der Waals surface area contributed by atoms with Crippen molar-refractivity contribution >= 4 is 38.1 Å². The second kappa shape index (κ2) is 8.58. The average Bonchev–Trinajstić information content (AvgIpc) is 3.15. The lowest BCUT2D eigenvalue weighted by Gasteiger charge is -2.18. The van der Waals surface area contributed by atoms with Crippen LogP contribution in [0, 0.1) is 13.8 Å². The van der Waals surface area contributed by atoms with E-state index < -0.39 is 15.9 Å². The summed E-state index contributed by atoms with van der Waals surface area (Å²) >= 11 is 0.782. The number of carbonyl (C=O) groups is 1. The molecule has 0 saturated carbocycles. The Morgan fingerprint density at radius 3 is 2.41 bits per heavy atom. The molecule has 1 amide bonds. The molecule has 0 aliphatic carbocycles. The average molecular weight is 433 g/mol. The van der Waals surface area contributed by atoms with E-state index in [1.54, 1.807) is 36.4 Å². The van der Waals surface area contributed by atoms with Crippen LogP contribution < -0.4 is 14.4 Å². The largest absolute Gasteiger partial charge is 0.484 e.